The average molecular weight is 246 g/mol. The zero-order chi connectivity index (χ0) is 11.8. The summed E-state index contributed by atoms with van der Waals surface area (Å²) in [6.07, 6.45) is 0.865. The van der Waals surface area contributed by atoms with Crippen LogP contribution in [0.25, 0.3) is 0 Å². The summed E-state index contributed by atoms with van der Waals surface area (Å²) in [6.45, 7) is 0. The smallest absolute Gasteiger partial charge is 0.128 e. The molecule has 0 saturated carbocycles. The van der Waals surface area contributed by atoms with E-state index in [1.54, 1.807) is 0 Å². The van der Waals surface area contributed by atoms with E-state index in [9.17, 15) is 0 Å². The third-order valence-electron chi connectivity index (χ3n) is 3.04. The van der Waals surface area contributed by atoms with Gasteiger partial charge in [-0.25, -0.2) is 0 Å². The maximum absolute atomic E-state index is 6.15. The molecule has 0 bridgehead atoms. The summed E-state index contributed by atoms with van der Waals surface area (Å²) in [7, 11) is 0. The molecule has 2 nitrogen and oxygen atoms in total. The molecule has 0 radical (unpaired) electrons. The number of rotatable bonds is 1. The van der Waals surface area contributed by atoms with E-state index in [0.717, 1.165) is 34.0 Å². The van der Waals surface area contributed by atoms with Gasteiger partial charge in [0, 0.05) is 22.7 Å². The molecule has 0 spiro atoms. The Morgan fingerprint density at radius 2 is 1.88 bits per heavy atom. The lowest BCUT2D eigenvalue weighted by Gasteiger charge is -2.10. The Morgan fingerprint density at radius 1 is 1.12 bits per heavy atom. The molecule has 0 aliphatic carbocycles. The summed E-state index contributed by atoms with van der Waals surface area (Å²) in [4.78, 5) is 0. The third-order valence-corrected chi connectivity index (χ3v) is 3.40. The van der Waals surface area contributed by atoms with Gasteiger partial charge in [0.15, 0.2) is 0 Å². The molecule has 3 heteroatoms. The molecule has 86 valence electrons. The van der Waals surface area contributed by atoms with Crippen LogP contribution in [-0.2, 0) is 6.42 Å². The summed E-state index contributed by atoms with van der Waals surface area (Å²) in [5.41, 5.74) is 8.66. The van der Waals surface area contributed by atoms with Gasteiger partial charge in [-0.1, -0.05) is 29.8 Å². The highest BCUT2D eigenvalue weighted by Gasteiger charge is 2.25. The first-order valence-electron chi connectivity index (χ1n) is 5.53. The van der Waals surface area contributed by atoms with E-state index in [-0.39, 0.29) is 6.10 Å². The minimum atomic E-state index is 0.0468. The summed E-state index contributed by atoms with van der Waals surface area (Å²) < 4.78 is 5.89. The second-order valence-electron chi connectivity index (χ2n) is 4.19. The highest BCUT2D eigenvalue weighted by molar-refractivity contribution is 6.31. The van der Waals surface area contributed by atoms with Crippen molar-refractivity contribution in [3.05, 3.63) is 58.6 Å². The van der Waals surface area contributed by atoms with Crippen LogP contribution in [0.4, 0.5) is 5.69 Å². The van der Waals surface area contributed by atoms with Gasteiger partial charge in [0.05, 0.1) is 0 Å². The summed E-state index contributed by atoms with van der Waals surface area (Å²) >= 11 is 6.15. The second kappa shape index (κ2) is 3.97. The number of anilines is 1. The number of hydrogen-bond donors (Lipinski definition) is 1. The van der Waals surface area contributed by atoms with Crippen molar-refractivity contribution in [3.8, 4) is 5.75 Å². The van der Waals surface area contributed by atoms with Crippen molar-refractivity contribution in [2.24, 2.45) is 0 Å². The molecule has 17 heavy (non-hydrogen) atoms. The molecule has 1 aliphatic heterocycles. The first-order chi connectivity index (χ1) is 8.24. The normalized spacial score (nSPS) is 17.6. The topological polar surface area (TPSA) is 35.2 Å². The minimum Gasteiger partial charge on any atom is -0.485 e. The van der Waals surface area contributed by atoms with Crippen molar-refractivity contribution in [2.75, 3.05) is 5.73 Å². The zero-order valence-corrected chi connectivity index (χ0v) is 9.95. The van der Waals surface area contributed by atoms with Crippen LogP contribution >= 0.6 is 11.6 Å². The number of benzene rings is 2. The van der Waals surface area contributed by atoms with Crippen molar-refractivity contribution in [1.82, 2.24) is 0 Å². The predicted octanol–water partition coefficient (Wildman–Crippen LogP) is 3.60. The third kappa shape index (κ3) is 1.85. The van der Waals surface area contributed by atoms with E-state index in [1.807, 2.05) is 42.5 Å². The molecule has 2 aromatic rings. The molecule has 2 aromatic carbocycles. The van der Waals surface area contributed by atoms with Gasteiger partial charge >= 0.3 is 0 Å². The van der Waals surface area contributed by atoms with Crippen molar-refractivity contribution >= 4 is 17.3 Å². The van der Waals surface area contributed by atoms with Crippen LogP contribution in [-0.4, -0.2) is 0 Å². The Balaban J connectivity index is 1.91. The van der Waals surface area contributed by atoms with E-state index in [4.69, 9.17) is 22.1 Å². The minimum absolute atomic E-state index is 0.0468. The van der Waals surface area contributed by atoms with Crippen LogP contribution in [0.3, 0.4) is 0 Å². The van der Waals surface area contributed by atoms with Gasteiger partial charge in [-0.2, -0.15) is 0 Å². The molecule has 0 saturated heterocycles. The zero-order valence-electron chi connectivity index (χ0n) is 9.19. The fraction of sp³-hybridized carbons (Fsp3) is 0.143. The highest BCUT2D eigenvalue weighted by atomic mass is 35.5. The molecule has 2 N–H and O–H groups in total. The van der Waals surface area contributed by atoms with Crippen LogP contribution in [0.1, 0.15) is 17.2 Å². The molecule has 0 aromatic heterocycles. The van der Waals surface area contributed by atoms with Crippen LogP contribution in [0.5, 0.6) is 5.75 Å². The first kappa shape index (κ1) is 10.5. The summed E-state index contributed by atoms with van der Waals surface area (Å²) in [6, 6.07) is 13.5. The highest BCUT2D eigenvalue weighted by Crippen LogP contribution is 2.40. The summed E-state index contributed by atoms with van der Waals surface area (Å²) in [5.74, 6) is 0.888. The molecule has 0 fully saturated rings. The van der Waals surface area contributed by atoms with Gasteiger partial charge in [-0.15, -0.1) is 0 Å². The van der Waals surface area contributed by atoms with Gasteiger partial charge in [0.1, 0.15) is 11.9 Å². The van der Waals surface area contributed by atoms with Gasteiger partial charge in [-0.05, 0) is 29.8 Å². The van der Waals surface area contributed by atoms with E-state index in [1.165, 1.54) is 0 Å². The van der Waals surface area contributed by atoms with Crippen molar-refractivity contribution in [3.63, 3.8) is 0 Å². The van der Waals surface area contributed by atoms with Crippen LogP contribution in [0.15, 0.2) is 42.5 Å². The molecule has 1 heterocycles. The Kier molecular flexibility index (Phi) is 2.45. The van der Waals surface area contributed by atoms with Gasteiger partial charge in [0.25, 0.3) is 0 Å². The molecule has 1 atom stereocenters. The Labute approximate surface area is 105 Å². The standard InChI is InChI=1S/C14H12ClNO/c15-12-2-1-3-13-11(12)8-14(17-13)9-4-6-10(16)7-5-9/h1-7,14H,8,16H2. The maximum Gasteiger partial charge on any atom is 0.128 e. The monoisotopic (exact) mass is 245 g/mol. The molecular weight excluding hydrogens is 234 g/mol. The molecule has 1 aliphatic rings. The maximum atomic E-state index is 6.15. The fourth-order valence-electron chi connectivity index (χ4n) is 2.12. The number of hydrogen-bond acceptors (Lipinski definition) is 2. The van der Waals surface area contributed by atoms with Gasteiger partial charge < -0.3 is 10.5 Å². The lowest BCUT2D eigenvalue weighted by atomic mass is 10.0. The number of fused-ring (bicyclic) bond motifs is 1. The Hall–Kier alpha value is -1.67. The van der Waals surface area contributed by atoms with E-state index >= 15 is 0 Å². The van der Waals surface area contributed by atoms with E-state index < -0.39 is 0 Å². The Morgan fingerprint density at radius 3 is 2.59 bits per heavy atom. The number of nitrogens with two attached hydrogens (primary N) is 1. The van der Waals surface area contributed by atoms with Crippen molar-refractivity contribution < 1.29 is 4.74 Å². The van der Waals surface area contributed by atoms with Crippen molar-refractivity contribution in [1.29, 1.82) is 0 Å². The molecule has 1 unspecified atom stereocenters. The van der Waals surface area contributed by atoms with Crippen LogP contribution < -0.4 is 10.5 Å². The predicted molar refractivity (Wildman–Crippen MR) is 69.4 cm³/mol. The average Bonchev–Trinajstić information content (AvgIpc) is 2.75. The van der Waals surface area contributed by atoms with Gasteiger partial charge in [0.2, 0.25) is 0 Å². The molecular formula is C14H12ClNO. The van der Waals surface area contributed by atoms with E-state index in [0.29, 0.717) is 0 Å². The number of nitrogen functional groups attached to an aromatic ring is 1. The largest absolute Gasteiger partial charge is 0.485 e. The summed E-state index contributed by atoms with van der Waals surface area (Å²) in [5, 5.41) is 0.778. The van der Waals surface area contributed by atoms with Gasteiger partial charge in [-0.3, -0.25) is 0 Å². The Bertz CT molecular complexity index is 551. The number of ether oxygens (including phenoxy) is 1. The van der Waals surface area contributed by atoms with Crippen LogP contribution in [0, 0.1) is 0 Å². The SMILES string of the molecule is Nc1ccc(C2Cc3c(Cl)cccc3O2)cc1. The fourth-order valence-corrected chi connectivity index (χ4v) is 2.37. The quantitative estimate of drug-likeness (QED) is 0.779. The van der Waals surface area contributed by atoms with Crippen LogP contribution in [0.2, 0.25) is 5.02 Å². The van der Waals surface area contributed by atoms with Crippen molar-refractivity contribution in [2.45, 2.75) is 12.5 Å². The lowest BCUT2D eigenvalue weighted by molar-refractivity contribution is 0.239. The lowest BCUT2D eigenvalue weighted by Crippen LogP contribution is -2.03. The molecule has 3 rings (SSSR count). The second-order valence-corrected chi connectivity index (χ2v) is 4.60. The number of halogens is 1. The first-order valence-corrected chi connectivity index (χ1v) is 5.91. The molecule has 0 amide bonds. The van der Waals surface area contributed by atoms with E-state index in [2.05, 4.69) is 0 Å².